The molecule has 1 heterocycles. The Morgan fingerprint density at radius 2 is 2.05 bits per heavy atom. The number of nitro groups is 1. The summed E-state index contributed by atoms with van der Waals surface area (Å²) in [5.41, 5.74) is -0.316. The molecule has 1 atom stereocenters. The van der Waals surface area contributed by atoms with E-state index in [1.54, 1.807) is 0 Å². The predicted molar refractivity (Wildman–Crippen MR) is 89.9 cm³/mol. The zero-order valence-electron chi connectivity index (χ0n) is 13.8. The smallest absolute Gasteiger partial charge is 0.348 e. The van der Waals surface area contributed by atoms with Crippen molar-refractivity contribution in [1.29, 1.82) is 0 Å². The second kappa shape index (κ2) is 6.89. The molecule has 1 aromatic heterocycles. The molecule has 0 radical (unpaired) electrons. The molecule has 124 valence electrons. The van der Waals surface area contributed by atoms with Crippen LogP contribution in [0.5, 0.6) is 0 Å². The normalized spacial score (nSPS) is 13.8. The molecule has 1 aromatic rings. The number of nitrogens with one attached hydrogen (secondary N) is 1. The van der Waals surface area contributed by atoms with Gasteiger partial charge in [0.25, 0.3) is 0 Å². The van der Waals surface area contributed by atoms with E-state index < -0.39 is 13.2 Å². The van der Waals surface area contributed by atoms with Gasteiger partial charge in [-0.05, 0) is 25.1 Å². The first-order chi connectivity index (χ1) is 9.95. The molecule has 0 aliphatic heterocycles. The third kappa shape index (κ3) is 4.62. The first kappa shape index (κ1) is 18.8. The summed E-state index contributed by atoms with van der Waals surface area (Å²) in [6.07, 6.45) is 1.19. The largest absolute Gasteiger partial charge is 0.415 e. The molecule has 0 saturated carbocycles. The molecule has 0 fully saturated rings. The highest BCUT2D eigenvalue weighted by atomic mass is 35.5. The van der Waals surface area contributed by atoms with Crippen molar-refractivity contribution in [1.82, 2.24) is 9.97 Å². The average molecular weight is 347 g/mol. The first-order valence-electron chi connectivity index (χ1n) is 7.01. The van der Waals surface area contributed by atoms with Crippen molar-refractivity contribution in [3.63, 3.8) is 0 Å². The van der Waals surface area contributed by atoms with Crippen molar-refractivity contribution in [3.8, 4) is 0 Å². The van der Waals surface area contributed by atoms with Gasteiger partial charge >= 0.3 is 5.69 Å². The third-order valence-corrected chi connectivity index (χ3v) is 8.62. The quantitative estimate of drug-likeness (QED) is 0.364. The summed E-state index contributed by atoms with van der Waals surface area (Å²) in [5.74, 6) is 0.108. The van der Waals surface area contributed by atoms with E-state index in [2.05, 4.69) is 49.1 Å². The van der Waals surface area contributed by atoms with E-state index in [9.17, 15) is 10.1 Å². The lowest BCUT2D eigenvalue weighted by Gasteiger charge is -2.37. The van der Waals surface area contributed by atoms with Crippen LogP contribution in [0.4, 0.5) is 11.5 Å². The Hall–Kier alpha value is -1.25. The number of anilines is 1. The summed E-state index contributed by atoms with van der Waals surface area (Å²) in [4.78, 5) is 18.0. The molecule has 1 rings (SSSR count). The maximum atomic E-state index is 11.0. The third-order valence-electron chi connectivity index (χ3n) is 3.84. The summed E-state index contributed by atoms with van der Waals surface area (Å²) in [6.45, 7) is 13.1. The van der Waals surface area contributed by atoms with E-state index in [1.165, 1.54) is 6.33 Å². The molecular formula is C13H23ClN4O3Si. The maximum Gasteiger partial charge on any atom is 0.348 e. The molecule has 0 spiro atoms. The highest BCUT2D eigenvalue weighted by Gasteiger charge is 2.37. The lowest BCUT2D eigenvalue weighted by molar-refractivity contribution is -0.384. The molecule has 0 saturated heterocycles. The van der Waals surface area contributed by atoms with Crippen molar-refractivity contribution < 1.29 is 9.35 Å². The molecule has 1 unspecified atom stereocenters. The molecule has 0 bridgehead atoms. The SMILES string of the molecule is CC(CO[Si](C)(C)C(C)(C)C)Nc1ncnc(Cl)c1[N+](=O)[O-]. The second-order valence-electron chi connectivity index (χ2n) is 6.74. The fourth-order valence-electron chi connectivity index (χ4n) is 1.45. The van der Waals surface area contributed by atoms with E-state index >= 15 is 0 Å². The Kier molecular flexibility index (Phi) is 5.88. The minimum absolute atomic E-state index is 0.108. The van der Waals surface area contributed by atoms with Crippen LogP contribution >= 0.6 is 11.6 Å². The van der Waals surface area contributed by atoms with Gasteiger partial charge in [-0.25, -0.2) is 9.97 Å². The average Bonchev–Trinajstić information content (AvgIpc) is 2.34. The van der Waals surface area contributed by atoms with Crippen LogP contribution in [0, 0.1) is 10.1 Å². The Balaban J connectivity index is 2.77. The zero-order chi connectivity index (χ0) is 17.1. The Morgan fingerprint density at radius 1 is 1.45 bits per heavy atom. The topological polar surface area (TPSA) is 90.2 Å². The number of hydrogen-bond acceptors (Lipinski definition) is 6. The molecule has 1 N–H and O–H groups in total. The standard InChI is InChI=1S/C13H23ClN4O3Si/c1-9(7-21-22(5,6)13(2,3)4)17-12-10(18(19)20)11(14)15-8-16-12/h8-9H,7H2,1-6H3,(H,15,16,17). The van der Waals surface area contributed by atoms with Gasteiger partial charge in [0.05, 0.1) is 11.5 Å². The fraction of sp³-hybridized carbons (Fsp3) is 0.692. The van der Waals surface area contributed by atoms with Crippen LogP contribution in [0.25, 0.3) is 0 Å². The highest BCUT2D eigenvalue weighted by molar-refractivity contribution is 6.74. The minimum Gasteiger partial charge on any atom is -0.415 e. The monoisotopic (exact) mass is 346 g/mol. The summed E-state index contributed by atoms with van der Waals surface area (Å²) in [7, 11) is -1.86. The van der Waals surface area contributed by atoms with Crippen molar-refractivity contribution in [2.45, 2.75) is 51.9 Å². The van der Waals surface area contributed by atoms with Crippen LogP contribution in [0.1, 0.15) is 27.7 Å². The number of nitrogens with zero attached hydrogens (tertiary/aromatic N) is 3. The molecule has 0 aliphatic carbocycles. The molecule has 9 heteroatoms. The van der Waals surface area contributed by atoms with Crippen LogP contribution in [0.15, 0.2) is 6.33 Å². The lowest BCUT2D eigenvalue weighted by atomic mass is 10.2. The molecule has 22 heavy (non-hydrogen) atoms. The van der Waals surface area contributed by atoms with Crippen LogP contribution < -0.4 is 5.32 Å². The van der Waals surface area contributed by atoms with Crippen molar-refractivity contribution in [2.75, 3.05) is 11.9 Å². The van der Waals surface area contributed by atoms with Gasteiger partial charge in [0.1, 0.15) is 6.33 Å². The van der Waals surface area contributed by atoms with E-state index in [4.69, 9.17) is 16.0 Å². The fourth-order valence-corrected chi connectivity index (χ4v) is 2.75. The number of halogens is 1. The van der Waals surface area contributed by atoms with Crippen molar-refractivity contribution in [3.05, 3.63) is 21.6 Å². The zero-order valence-corrected chi connectivity index (χ0v) is 15.6. The van der Waals surface area contributed by atoms with Crippen LogP contribution in [-0.4, -0.2) is 35.9 Å². The van der Waals surface area contributed by atoms with E-state index in [0.717, 1.165) is 0 Å². The summed E-state index contributed by atoms with van der Waals surface area (Å²) in [5, 5.41) is 14.0. The highest BCUT2D eigenvalue weighted by Crippen LogP contribution is 2.36. The van der Waals surface area contributed by atoms with Gasteiger partial charge in [0, 0.05) is 6.04 Å². The number of rotatable bonds is 6. The van der Waals surface area contributed by atoms with Gasteiger partial charge < -0.3 is 9.74 Å². The second-order valence-corrected chi connectivity index (χ2v) is 11.9. The molecule has 0 aliphatic rings. The van der Waals surface area contributed by atoms with Crippen molar-refractivity contribution >= 4 is 31.4 Å². The predicted octanol–water partition coefficient (Wildman–Crippen LogP) is 3.86. The van der Waals surface area contributed by atoms with E-state index in [0.29, 0.717) is 6.61 Å². The Bertz CT molecular complexity index is 549. The van der Waals surface area contributed by atoms with Gasteiger partial charge in [-0.1, -0.05) is 32.4 Å². The first-order valence-corrected chi connectivity index (χ1v) is 10.3. The maximum absolute atomic E-state index is 11.0. The van der Waals surface area contributed by atoms with Gasteiger partial charge in [-0.3, -0.25) is 10.1 Å². The van der Waals surface area contributed by atoms with E-state index in [-0.39, 0.29) is 27.7 Å². The van der Waals surface area contributed by atoms with Gasteiger partial charge in [0.2, 0.25) is 11.0 Å². The van der Waals surface area contributed by atoms with Gasteiger partial charge in [-0.15, -0.1) is 0 Å². The summed E-state index contributed by atoms with van der Waals surface area (Å²) >= 11 is 5.76. The Labute approximate surface area is 136 Å². The van der Waals surface area contributed by atoms with Gasteiger partial charge in [0.15, 0.2) is 8.32 Å². The van der Waals surface area contributed by atoms with Crippen LogP contribution in [0.3, 0.4) is 0 Å². The van der Waals surface area contributed by atoms with Gasteiger partial charge in [-0.2, -0.15) is 0 Å². The Morgan fingerprint density at radius 3 is 2.55 bits per heavy atom. The molecule has 0 aromatic carbocycles. The van der Waals surface area contributed by atoms with E-state index in [1.807, 2.05) is 6.92 Å². The van der Waals surface area contributed by atoms with Crippen LogP contribution in [-0.2, 0) is 4.43 Å². The summed E-state index contributed by atoms with van der Waals surface area (Å²) in [6, 6.07) is -0.140. The lowest BCUT2D eigenvalue weighted by Crippen LogP contribution is -2.43. The molecule has 7 nitrogen and oxygen atoms in total. The van der Waals surface area contributed by atoms with Crippen LogP contribution in [0.2, 0.25) is 23.3 Å². The minimum atomic E-state index is -1.86. The number of hydrogen-bond donors (Lipinski definition) is 1. The molecular weight excluding hydrogens is 324 g/mol. The number of aromatic nitrogens is 2. The summed E-state index contributed by atoms with van der Waals surface area (Å²) < 4.78 is 6.09. The molecule has 0 amide bonds. The van der Waals surface area contributed by atoms with Crippen molar-refractivity contribution in [2.24, 2.45) is 0 Å².